The molecule has 1 heterocycles. The summed E-state index contributed by atoms with van der Waals surface area (Å²) in [5.74, 6) is -0.00120. The maximum Gasteiger partial charge on any atom is 0.266 e. The Morgan fingerprint density at radius 1 is 0.947 bits per heavy atom. The first-order chi connectivity index (χ1) is 9.34. The highest BCUT2D eigenvalue weighted by molar-refractivity contribution is 6.06. The van der Waals surface area contributed by atoms with Gasteiger partial charge in [0, 0.05) is 18.7 Å². The molecule has 1 amide bonds. The molecule has 0 unspecified atom stereocenters. The van der Waals surface area contributed by atoms with Crippen LogP contribution in [-0.4, -0.2) is 24.0 Å². The van der Waals surface area contributed by atoms with E-state index < -0.39 is 0 Å². The molecule has 3 rings (SSSR count). The summed E-state index contributed by atoms with van der Waals surface area (Å²) in [4.78, 5) is 12.4. The Kier molecular flexibility index (Phi) is 3.47. The Bertz CT molecular complexity index is 583. The lowest BCUT2D eigenvalue weighted by Crippen LogP contribution is -2.45. The molecule has 0 bridgehead atoms. The van der Waals surface area contributed by atoms with E-state index in [-0.39, 0.29) is 5.91 Å². The van der Waals surface area contributed by atoms with Gasteiger partial charge in [0.2, 0.25) is 0 Å². The average molecular weight is 254 g/mol. The second-order valence-electron chi connectivity index (χ2n) is 5.02. The van der Waals surface area contributed by atoms with Crippen molar-refractivity contribution >= 4 is 16.7 Å². The van der Waals surface area contributed by atoms with Gasteiger partial charge in [-0.3, -0.25) is 10.2 Å². The van der Waals surface area contributed by atoms with Crippen molar-refractivity contribution in [2.75, 3.05) is 13.1 Å². The van der Waals surface area contributed by atoms with Crippen molar-refractivity contribution in [3.63, 3.8) is 0 Å². The smallest absolute Gasteiger partial charge is 0.266 e. The average Bonchev–Trinajstić information content (AvgIpc) is 2.47. The minimum Gasteiger partial charge on any atom is -0.285 e. The third-order valence-corrected chi connectivity index (χ3v) is 3.65. The Hall–Kier alpha value is -1.87. The normalized spacial score (nSPS) is 16.4. The number of amides is 1. The van der Waals surface area contributed by atoms with E-state index in [4.69, 9.17) is 0 Å². The molecule has 0 radical (unpaired) electrons. The maximum absolute atomic E-state index is 12.4. The van der Waals surface area contributed by atoms with Gasteiger partial charge in [-0.2, -0.15) is 0 Å². The Morgan fingerprint density at radius 2 is 1.68 bits per heavy atom. The van der Waals surface area contributed by atoms with Gasteiger partial charge in [0.1, 0.15) is 0 Å². The predicted octanol–water partition coefficient (Wildman–Crippen LogP) is 2.97. The fraction of sp³-hybridized carbons (Fsp3) is 0.312. The minimum absolute atomic E-state index is 0.00120. The summed E-state index contributed by atoms with van der Waals surface area (Å²) in [5, 5.41) is 4.15. The quantitative estimate of drug-likeness (QED) is 0.893. The Balaban J connectivity index is 1.85. The standard InChI is InChI=1S/C16H18N2O/c19-16(17-18-11-4-1-5-12-18)15-10-6-8-13-7-2-3-9-14(13)15/h2-3,6-10H,1,4-5,11-12H2,(H,17,19). The summed E-state index contributed by atoms with van der Waals surface area (Å²) in [5.41, 5.74) is 3.78. The molecule has 1 N–H and O–H groups in total. The molecule has 3 heteroatoms. The van der Waals surface area contributed by atoms with Crippen LogP contribution >= 0.6 is 0 Å². The van der Waals surface area contributed by atoms with Gasteiger partial charge in [0.15, 0.2) is 0 Å². The number of carbonyl (C=O) groups excluding carboxylic acids is 1. The highest BCUT2D eigenvalue weighted by atomic mass is 16.2. The molecule has 1 saturated heterocycles. The monoisotopic (exact) mass is 254 g/mol. The highest BCUT2D eigenvalue weighted by Gasteiger charge is 2.15. The van der Waals surface area contributed by atoms with Crippen LogP contribution in [0.1, 0.15) is 29.6 Å². The first kappa shape index (κ1) is 12.2. The number of carbonyl (C=O) groups is 1. The lowest BCUT2D eigenvalue weighted by atomic mass is 10.0. The predicted molar refractivity (Wildman–Crippen MR) is 76.8 cm³/mol. The lowest BCUT2D eigenvalue weighted by molar-refractivity contribution is 0.0752. The van der Waals surface area contributed by atoms with Gasteiger partial charge in [0.25, 0.3) is 5.91 Å². The van der Waals surface area contributed by atoms with E-state index >= 15 is 0 Å². The lowest BCUT2D eigenvalue weighted by Gasteiger charge is -2.27. The van der Waals surface area contributed by atoms with Gasteiger partial charge in [-0.15, -0.1) is 0 Å². The molecule has 1 aliphatic rings. The second kappa shape index (κ2) is 5.41. The van der Waals surface area contributed by atoms with Crippen molar-refractivity contribution < 1.29 is 4.79 Å². The van der Waals surface area contributed by atoms with E-state index in [2.05, 4.69) is 5.43 Å². The molecular formula is C16H18N2O. The van der Waals surface area contributed by atoms with Crippen LogP contribution in [0.5, 0.6) is 0 Å². The first-order valence-electron chi connectivity index (χ1n) is 6.88. The molecule has 2 aromatic rings. The number of hydrazine groups is 1. The zero-order chi connectivity index (χ0) is 13.1. The summed E-state index contributed by atoms with van der Waals surface area (Å²) in [7, 11) is 0. The fourth-order valence-corrected chi connectivity index (χ4v) is 2.63. The number of fused-ring (bicyclic) bond motifs is 1. The van der Waals surface area contributed by atoms with Crippen LogP contribution in [0, 0.1) is 0 Å². The number of hydrogen-bond acceptors (Lipinski definition) is 2. The van der Waals surface area contributed by atoms with Crippen molar-refractivity contribution in [1.82, 2.24) is 10.4 Å². The molecule has 2 aromatic carbocycles. The molecule has 0 atom stereocenters. The number of benzene rings is 2. The van der Waals surface area contributed by atoms with E-state index in [1.54, 1.807) is 0 Å². The van der Waals surface area contributed by atoms with Crippen LogP contribution in [-0.2, 0) is 0 Å². The van der Waals surface area contributed by atoms with E-state index in [1.165, 1.54) is 6.42 Å². The summed E-state index contributed by atoms with van der Waals surface area (Å²) in [6.07, 6.45) is 3.59. The van der Waals surface area contributed by atoms with Crippen molar-refractivity contribution in [3.8, 4) is 0 Å². The van der Waals surface area contributed by atoms with Gasteiger partial charge in [-0.25, -0.2) is 5.01 Å². The van der Waals surface area contributed by atoms with Crippen LogP contribution in [0.2, 0.25) is 0 Å². The van der Waals surface area contributed by atoms with Gasteiger partial charge in [-0.1, -0.05) is 42.8 Å². The topological polar surface area (TPSA) is 32.3 Å². The zero-order valence-corrected chi connectivity index (χ0v) is 10.9. The molecule has 19 heavy (non-hydrogen) atoms. The number of nitrogens with one attached hydrogen (secondary N) is 1. The molecule has 3 nitrogen and oxygen atoms in total. The van der Waals surface area contributed by atoms with Gasteiger partial charge in [0.05, 0.1) is 0 Å². The first-order valence-corrected chi connectivity index (χ1v) is 6.88. The number of rotatable bonds is 2. The van der Waals surface area contributed by atoms with E-state index in [1.807, 2.05) is 47.5 Å². The van der Waals surface area contributed by atoms with Crippen LogP contribution in [0.15, 0.2) is 42.5 Å². The summed E-state index contributed by atoms with van der Waals surface area (Å²) >= 11 is 0. The van der Waals surface area contributed by atoms with Crippen LogP contribution < -0.4 is 5.43 Å². The minimum atomic E-state index is -0.00120. The van der Waals surface area contributed by atoms with Crippen molar-refractivity contribution in [2.45, 2.75) is 19.3 Å². The number of hydrogen-bond donors (Lipinski definition) is 1. The van der Waals surface area contributed by atoms with Gasteiger partial charge in [-0.05, 0) is 29.7 Å². The Labute approximate surface area is 113 Å². The van der Waals surface area contributed by atoms with Crippen molar-refractivity contribution in [3.05, 3.63) is 48.0 Å². The summed E-state index contributed by atoms with van der Waals surface area (Å²) in [6, 6.07) is 13.9. The second-order valence-corrected chi connectivity index (χ2v) is 5.02. The molecule has 0 saturated carbocycles. The number of piperidine rings is 1. The van der Waals surface area contributed by atoms with E-state index in [0.29, 0.717) is 0 Å². The Morgan fingerprint density at radius 3 is 2.53 bits per heavy atom. The zero-order valence-electron chi connectivity index (χ0n) is 10.9. The van der Waals surface area contributed by atoms with Gasteiger partial charge >= 0.3 is 0 Å². The SMILES string of the molecule is O=C(NN1CCCCC1)c1cccc2ccccc12. The maximum atomic E-state index is 12.4. The van der Waals surface area contributed by atoms with E-state index in [0.717, 1.165) is 42.3 Å². The third kappa shape index (κ3) is 2.61. The summed E-state index contributed by atoms with van der Waals surface area (Å²) < 4.78 is 0. The van der Waals surface area contributed by atoms with Crippen LogP contribution in [0.4, 0.5) is 0 Å². The molecule has 0 aromatic heterocycles. The molecule has 1 fully saturated rings. The molecule has 1 aliphatic heterocycles. The highest BCUT2D eigenvalue weighted by Crippen LogP contribution is 2.18. The molecule has 98 valence electrons. The van der Waals surface area contributed by atoms with E-state index in [9.17, 15) is 4.79 Å². The van der Waals surface area contributed by atoms with Crippen LogP contribution in [0.25, 0.3) is 10.8 Å². The van der Waals surface area contributed by atoms with Crippen molar-refractivity contribution in [2.24, 2.45) is 0 Å². The van der Waals surface area contributed by atoms with Crippen LogP contribution in [0.3, 0.4) is 0 Å². The molecule has 0 aliphatic carbocycles. The van der Waals surface area contributed by atoms with Gasteiger partial charge < -0.3 is 0 Å². The third-order valence-electron chi connectivity index (χ3n) is 3.65. The fourth-order valence-electron chi connectivity index (χ4n) is 2.63. The number of nitrogens with zero attached hydrogens (tertiary/aromatic N) is 1. The summed E-state index contributed by atoms with van der Waals surface area (Å²) in [6.45, 7) is 1.91. The molecule has 0 spiro atoms. The molecular weight excluding hydrogens is 236 g/mol. The van der Waals surface area contributed by atoms with Crippen molar-refractivity contribution in [1.29, 1.82) is 0 Å². The largest absolute Gasteiger partial charge is 0.285 e.